The van der Waals surface area contributed by atoms with E-state index in [1.807, 2.05) is 0 Å². The molecule has 0 aliphatic carbocycles. The Hall–Kier alpha value is -1.40. The monoisotopic (exact) mass is 283 g/mol. The van der Waals surface area contributed by atoms with Crippen LogP contribution in [0.2, 0.25) is 0 Å². The summed E-state index contributed by atoms with van der Waals surface area (Å²) in [6, 6.07) is 6.69. The van der Waals surface area contributed by atoms with Crippen molar-refractivity contribution in [3.05, 3.63) is 35.4 Å². The zero-order valence-corrected chi connectivity index (χ0v) is 11.6. The zero-order valence-electron chi connectivity index (χ0n) is 10.7. The molecular formula is C13H17NO4S. The van der Waals surface area contributed by atoms with Crippen LogP contribution in [0.15, 0.2) is 24.3 Å². The van der Waals surface area contributed by atoms with E-state index < -0.39 is 16.0 Å². The Morgan fingerprint density at radius 1 is 1.32 bits per heavy atom. The van der Waals surface area contributed by atoms with Crippen molar-refractivity contribution in [3.63, 3.8) is 0 Å². The lowest BCUT2D eigenvalue weighted by Gasteiger charge is -2.31. The second kappa shape index (κ2) is 5.30. The van der Waals surface area contributed by atoms with Gasteiger partial charge >= 0.3 is 5.97 Å². The van der Waals surface area contributed by atoms with Crippen LogP contribution < -0.4 is 0 Å². The molecule has 0 spiro atoms. The lowest BCUT2D eigenvalue weighted by atomic mass is 9.91. The van der Waals surface area contributed by atoms with Crippen molar-refractivity contribution in [1.29, 1.82) is 0 Å². The molecule has 0 amide bonds. The van der Waals surface area contributed by atoms with Crippen LogP contribution in [-0.2, 0) is 10.0 Å². The lowest BCUT2D eigenvalue weighted by Crippen LogP contribution is -2.38. The van der Waals surface area contributed by atoms with Gasteiger partial charge in [-0.25, -0.2) is 17.5 Å². The minimum atomic E-state index is -3.15. The summed E-state index contributed by atoms with van der Waals surface area (Å²) in [5, 5.41) is 8.85. The second-order valence-electron chi connectivity index (χ2n) is 4.89. The first-order valence-corrected chi connectivity index (χ1v) is 8.01. The standard InChI is InChI=1S/C13H17NO4S/c1-19(17,18)14-8-2-3-12(9-14)10-4-6-11(7-5-10)13(15)16/h4-7,12H,2-3,8-9H2,1H3,(H,15,16)/t12-/m1/s1. The third-order valence-corrected chi connectivity index (χ3v) is 4.75. The van der Waals surface area contributed by atoms with E-state index in [-0.39, 0.29) is 11.5 Å². The highest BCUT2D eigenvalue weighted by Crippen LogP contribution is 2.28. The summed E-state index contributed by atoms with van der Waals surface area (Å²) in [5.41, 5.74) is 1.25. The van der Waals surface area contributed by atoms with E-state index in [0.29, 0.717) is 13.1 Å². The van der Waals surface area contributed by atoms with Gasteiger partial charge in [0.1, 0.15) is 0 Å². The maximum atomic E-state index is 11.6. The molecule has 5 nitrogen and oxygen atoms in total. The number of carbonyl (C=O) groups is 1. The van der Waals surface area contributed by atoms with E-state index in [1.54, 1.807) is 24.3 Å². The minimum absolute atomic E-state index is 0.145. The first-order valence-electron chi connectivity index (χ1n) is 6.16. The number of piperidine rings is 1. The van der Waals surface area contributed by atoms with Crippen LogP contribution >= 0.6 is 0 Å². The molecule has 1 heterocycles. The summed E-state index contributed by atoms with van der Waals surface area (Å²) in [6.07, 6.45) is 2.99. The average Bonchev–Trinajstić information content (AvgIpc) is 2.38. The van der Waals surface area contributed by atoms with E-state index in [2.05, 4.69) is 0 Å². The average molecular weight is 283 g/mol. The number of nitrogens with zero attached hydrogens (tertiary/aromatic N) is 1. The van der Waals surface area contributed by atoms with Crippen LogP contribution in [0, 0.1) is 0 Å². The summed E-state index contributed by atoms with van der Waals surface area (Å²) in [4.78, 5) is 10.8. The van der Waals surface area contributed by atoms with Gasteiger partial charge in [0.05, 0.1) is 11.8 Å². The Labute approximate surface area is 112 Å². The SMILES string of the molecule is CS(=O)(=O)N1CCC[C@@H](c2ccc(C(=O)O)cc2)C1. The van der Waals surface area contributed by atoms with Gasteiger partial charge in [0.2, 0.25) is 10.0 Å². The van der Waals surface area contributed by atoms with Gasteiger partial charge in [0.25, 0.3) is 0 Å². The summed E-state index contributed by atoms with van der Waals surface area (Å²) < 4.78 is 24.6. The Kier molecular flexibility index (Phi) is 3.91. The molecule has 2 rings (SSSR count). The molecule has 0 radical (unpaired) electrons. The first-order chi connectivity index (χ1) is 8.88. The van der Waals surface area contributed by atoms with Crippen molar-refractivity contribution in [2.75, 3.05) is 19.3 Å². The fraction of sp³-hybridized carbons (Fsp3) is 0.462. The quantitative estimate of drug-likeness (QED) is 0.912. The van der Waals surface area contributed by atoms with E-state index in [0.717, 1.165) is 18.4 Å². The number of sulfonamides is 1. The van der Waals surface area contributed by atoms with E-state index in [4.69, 9.17) is 5.11 Å². The molecule has 1 N–H and O–H groups in total. The maximum Gasteiger partial charge on any atom is 0.335 e. The summed E-state index contributed by atoms with van der Waals surface area (Å²) >= 11 is 0. The normalized spacial score (nSPS) is 21.2. The fourth-order valence-electron chi connectivity index (χ4n) is 2.41. The molecular weight excluding hydrogens is 266 g/mol. The van der Waals surface area contributed by atoms with Gasteiger partial charge in [-0.3, -0.25) is 0 Å². The van der Waals surface area contributed by atoms with Crippen LogP contribution in [0.1, 0.15) is 34.7 Å². The third-order valence-electron chi connectivity index (χ3n) is 3.48. The highest BCUT2D eigenvalue weighted by atomic mass is 32.2. The van der Waals surface area contributed by atoms with Gasteiger partial charge in [-0.05, 0) is 36.5 Å². The molecule has 104 valence electrons. The Morgan fingerprint density at radius 2 is 1.95 bits per heavy atom. The van der Waals surface area contributed by atoms with Crippen LogP contribution in [0.5, 0.6) is 0 Å². The number of rotatable bonds is 3. The topological polar surface area (TPSA) is 74.7 Å². The Balaban J connectivity index is 2.15. The summed E-state index contributed by atoms with van der Waals surface area (Å²) in [6.45, 7) is 1.05. The van der Waals surface area contributed by atoms with Crippen molar-refractivity contribution < 1.29 is 18.3 Å². The molecule has 1 aliphatic rings. The zero-order chi connectivity index (χ0) is 14.0. The highest BCUT2D eigenvalue weighted by molar-refractivity contribution is 7.88. The molecule has 0 unspecified atom stereocenters. The predicted molar refractivity (Wildman–Crippen MR) is 71.8 cm³/mol. The van der Waals surface area contributed by atoms with Crippen molar-refractivity contribution in [3.8, 4) is 0 Å². The molecule has 0 aromatic heterocycles. The number of aromatic carboxylic acids is 1. The number of hydrogen-bond donors (Lipinski definition) is 1. The first kappa shape index (κ1) is 14.0. The fourth-order valence-corrected chi connectivity index (χ4v) is 3.33. The van der Waals surface area contributed by atoms with Crippen molar-refractivity contribution in [1.82, 2.24) is 4.31 Å². The van der Waals surface area contributed by atoms with Crippen LogP contribution in [0.25, 0.3) is 0 Å². The molecule has 1 saturated heterocycles. The molecule has 1 fully saturated rings. The second-order valence-corrected chi connectivity index (χ2v) is 6.87. The minimum Gasteiger partial charge on any atom is -0.478 e. The largest absolute Gasteiger partial charge is 0.478 e. The van der Waals surface area contributed by atoms with Crippen molar-refractivity contribution >= 4 is 16.0 Å². The van der Waals surface area contributed by atoms with E-state index >= 15 is 0 Å². The van der Waals surface area contributed by atoms with Crippen LogP contribution in [0.3, 0.4) is 0 Å². The number of hydrogen-bond acceptors (Lipinski definition) is 3. The Morgan fingerprint density at radius 3 is 2.47 bits per heavy atom. The summed E-state index contributed by atoms with van der Waals surface area (Å²) in [7, 11) is -3.15. The van der Waals surface area contributed by atoms with Gasteiger partial charge in [-0.2, -0.15) is 0 Å². The molecule has 6 heteroatoms. The number of carboxylic acids is 1. The van der Waals surface area contributed by atoms with Crippen molar-refractivity contribution in [2.24, 2.45) is 0 Å². The van der Waals surface area contributed by atoms with E-state index in [1.165, 1.54) is 10.6 Å². The van der Waals surface area contributed by atoms with Gasteiger partial charge in [0, 0.05) is 13.1 Å². The van der Waals surface area contributed by atoms with Gasteiger partial charge in [-0.1, -0.05) is 12.1 Å². The van der Waals surface area contributed by atoms with Crippen molar-refractivity contribution in [2.45, 2.75) is 18.8 Å². The lowest BCUT2D eigenvalue weighted by molar-refractivity contribution is 0.0697. The molecule has 1 aliphatic heterocycles. The number of carboxylic acid groups (broad SMARTS) is 1. The molecule has 0 bridgehead atoms. The number of benzene rings is 1. The van der Waals surface area contributed by atoms with Crippen LogP contribution in [-0.4, -0.2) is 43.1 Å². The molecule has 0 saturated carbocycles. The summed E-state index contributed by atoms with van der Waals surface area (Å²) in [5.74, 6) is -0.806. The van der Waals surface area contributed by atoms with Crippen LogP contribution in [0.4, 0.5) is 0 Å². The molecule has 1 aromatic rings. The smallest absolute Gasteiger partial charge is 0.335 e. The maximum absolute atomic E-state index is 11.6. The molecule has 19 heavy (non-hydrogen) atoms. The predicted octanol–water partition coefficient (Wildman–Crippen LogP) is 1.52. The molecule has 1 atom stereocenters. The van der Waals surface area contributed by atoms with Gasteiger partial charge in [-0.15, -0.1) is 0 Å². The van der Waals surface area contributed by atoms with Gasteiger partial charge < -0.3 is 5.11 Å². The van der Waals surface area contributed by atoms with Gasteiger partial charge in [0.15, 0.2) is 0 Å². The third kappa shape index (κ3) is 3.33. The highest BCUT2D eigenvalue weighted by Gasteiger charge is 2.26. The van der Waals surface area contributed by atoms with E-state index in [9.17, 15) is 13.2 Å². The molecule has 1 aromatic carbocycles. The Bertz CT molecular complexity index is 565.